The van der Waals surface area contributed by atoms with Gasteiger partial charge < -0.3 is 0 Å². The molecule has 1 aliphatic rings. The van der Waals surface area contributed by atoms with Gasteiger partial charge in [-0.3, -0.25) is 0 Å². The zero-order valence-electron chi connectivity index (χ0n) is 26.7. The molecule has 0 saturated carbocycles. The van der Waals surface area contributed by atoms with E-state index in [1.807, 2.05) is 0 Å². The highest BCUT2D eigenvalue weighted by molar-refractivity contribution is 8.00. The maximum atomic E-state index is 4.87. The molecular formula is C34H40N4S6. The van der Waals surface area contributed by atoms with Gasteiger partial charge in [-0.15, -0.1) is 47.0 Å². The van der Waals surface area contributed by atoms with E-state index < -0.39 is 0 Å². The van der Waals surface area contributed by atoms with Crippen LogP contribution in [0.2, 0.25) is 0 Å². The molecule has 0 atom stereocenters. The zero-order valence-corrected chi connectivity index (χ0v) is 31.6. The van der Waals surface area contributed by atoms with Gasteiger partial charge in [-0.05, 0) is 56.7 Å². The van der Waals surface area contributed by atoms with Crippen LogP contribution in [0.3, 0.4) is 0 Å². The average molecular weight is 697 g/mol. The maximum absolute atomic E-state index is 4.87. The molecule has 0 spiro atoms. The lowest BCUT2D eigenvalue weighted by Gasteiger charge is -2.22. The zero-order chi connectivity index (χ0) is 31.5. The Morgan fingerprint density at radius 3 is 0.955 bits per heavy atom. The van der Waals surface area contributed by atoms with E-state index in [1.54, 1.807) is 70.6 Å². The lowest BCUT2D eigenvalue weighted by molar-refractivity contribution is 0.589. The van der Waals surface area contributed by atoms with Crippen molar-refractivity contribution in [3.05, 3.63) is 81.9 Å². The largest absolute Gasteiger partial charge is 0.216 e. The van der Waals surface area contributed by atoms with Gasteiger partial charge in [-0.25, -0.2) is 19.9 Å². The first-order valence-corrected chi connectivity index (χ1v) is 20.9. The molecule has 4 nitrogen and oxygen atoms in total. The van der Waals surface area contributed by atoms with Gasteiger partial charge in [0.2, 0.25) is 0 Å². The van der Waals surface area contributed by atoms with E-state index in [9.17, 15) is 0 Å². The third kappa shape index (κ3) is 9.38. The molecule has 2 aromatic heterocycles. The van der Waals surface area contributed by atoms with Crippen LogP contribution in [0.5, 0.6) is 0 Å². The fraction of sp³-hybridized carbons (Fsp3) is 0.412. The van der Waals surface area contributed by atoms with Crippen molar-refractivity contribution in [3.8, 4) is 0 Å². The normalized spacial score (nSPS) is 14.7. The molecule has 0 fully saturated rings. The third-order valence-electron chi connectivity index (χ3n) is 7.07. The summed E-state index contributed by atoms with van der Waals surface area (Å²) in [5, 5.41) is 5.75. The van der Waals surface area contributed by atoms with Gasteiger partial charge in [0.1, 0.15) is 20.1 Å². The van der Waals surface area contributed by atoms with Crippen LogP contribution in [0.15, 0.2) is 78.9 Å². The second-order valence-corrected chi connectivity index (χ2v) is 18.3. The quantitative estimate of drug-likeness (QED) is 0.115. The van der Waals surface area contributed by atoms with E-state index in [4.69, 9.17) is 19.9 Å². The molecule has 0 saturated heterocycles. The molecule has 0 radical (unpaired) electrons. The van der Waals surface area contributed by atoms with E-state index in [0.29, 0.717) is 0 Å². The minimum Gasteiger partial charge on any atom is -0.216 e. The highest BCUT2D eigenvalue weighted by Gasteiger charge is 2.18. The highest BCUT2D eigenvalue weighted by atomic mass is 32.2. The number of aromatic nitrogens is 4. The Kier molecular flexibility index (Phi) is 11.3. The number of hydrogen-bond acceptors (Lipinski definition) is 10. The van der Waals surface area contributed by atoms with Gasteiger partial charge in [0.15, 0.2) is 10.3 Å². The summed E-state index contributed by atoms with van der Waals surface area (Å²) in [5.41, 5.74) is 8.12. The van der Waals surface area contributed by atoms with Gasteiger partial charge >= 0.3 is 0 Å². The van der Waals surface area contributed by atoms with Crippen LogP contribution in [0, 0.1) is 0 Å². The van der Waals surface area contributed by atoms with Crippen LogP contribution >= 0.6 is 70.6 Å². The standard InChI is InChI=1S/C34H40N4S6/c1-33(2,3)25-11-21-9-22(12-25)18-42-28-16-30(38-32(36-28)40-8)44-20-24-10-23(13-26(14-24)34(4,5)6)19-43-29-15-27(41-17-21)35-31(37-29)39-7/h9-16H,17-20H2,1-8H3. The molecule has 4 aromatic rings. The Labute approximate surface area is 288 Å². The minimum atomic E-state index is 0.0616. The minimum absolute atomic E-state index is 0.0616. The van der Waals surface area contributed by atoms with Crippen LogP contribution in [0.1, 0.15) is 74.9 Å². The van der Waals surface area contributed by atoms with Gasteiger partial charge in [0.25, 0.3) is 0 Å². The van der Waals surface area contributed by atoms with Crippen molar-refractivity contribution >= 4 is 70.6 Å². The van der Waals surface area contributed by atoms with Crippen LogP contribution < -0.4 is 0 Å². The molecule has 0 amide bonds. The predicted octanol–water partition coefficient (Wildman–Crippen LogP) is 10.8. The topological polar surface area (TPSA) is 51.6 Å². The molecule has 0 unspecified atom stereocenters. The maximum Gasteiger partial charge on any atom is 0.189 e. The average Bonchev–Trinajstić information content (AvgIpc) is 2.99. The number of thioether (sulfide) groups is 6. The molecule has 5 rings (SSSR count). The van der Waals surface area contributed by atoms with Crippen LogP contribution in [-0.2, 0) is 33.8 Å². The fourth-order valence-electron chi connectivity index (χ4n) is 4.60. The van der Waals surface area contributed by atoms with Crippen molar-refractivity contribution in [2.75, 3.05) is 12.5 Å². The highest BCUT2D eigenvalue weighted by Crippen LogP contribution is 2.35. The van der Waals surface area contributed by atoms with Crippen molar-refractivity contribution in [1.29, 1.82) is 0 Å². The van der Waals surface area contributed by atoms with E-state index in [1.165, 1.54) is 33.4 Å². The Morgan fingerprint density at radius 1 is 0.455 bits per heavy atom. The van der Waals surface area contributed by atoms with Crippen LogP contribution in [0.4, 0.5) is 0 Å². The Hall–Kier alpha value is -1.30. The van der Waals surface area contributed by atoms with E-state index in [0.717, 1.165) is 53.4 Å². The molecule has 8 bridgehead atoms. The van der Waals surface area contributed by atoms with Gasteiger partial charge in [-0.1, -0.05) is 101 Å². The van der Waals surface area contributed by atoms with E-state index in [2.05, 4.69) is 103 Å². The lowest BCUT2D eigenvalue weighted by atomic mass is 9.85. The summed E-state index contributed by atoms with van der Waals surface area (Å²) in [4.78, 5) is 19.5. The van der Waals surface area contributed by atoms with Crippen molar-refractivity contribution in [2.24, 2.45) is 0 Å². The van der Waals surface area contributed by atoms with Crippen molar-refractivity contribution in [2.45, 2.75) is 106 Å². The van der Waals surface area contributed by atoms with Gasteiger partial charge in [0, 0.05) is 35.1 Å². The summed E-state index contributed by atoms with van der Waals surface area (Å²) < 4.78 is 0. The molecule has 44 heavy (non-hydrogen) atoms. The molecule has 0 N–H and O–H groups in total. The number of nitrogens with zero attached hydrogens (tertiary/aromatic N) is 4. The SMILES string of the molecule is CSc1nc2cc(n1)SCc1cc(cc(C(C)(C)C)c1)CSc1cc(nc(SC)n1)SCc1cc(cc(C(C)(C)C)c1)CS2. The third-order valence-corrected chi connectivity index (χ3v) is 12.1. The second kappa shape index (κ2) is 14.6. The summed E-state index contributed by atoms with van der Waals surface area (Å²) in [6.45, 7) is 13.7. The van der Waals surface area contributed by atoms with Crippen LogP contribution in [0.25, 0.3) is 0 Å². The molecule has 232 valence electrons. The van der Waals surface area contributed by atoms with Crippen molar-refractivity contribution < 1.29 is 0 Å². The molecule has 10 heteroatoms. The summed E-state index contributed by atoms with van der Waals surface area (Å²) in [6, 6.07) is 18.5. The fourth-order valence-corrected chi connectivity index (χ4v) is 9.05. The van der Waals surface area contributed by atoms with Crippen molar-refractivity contribution in [3.63, 3.8) is 0 Å². The Balaban J connectivity index is 1.56. The summed E-state index contributed by atoms with van der Waals surface area (Å²) in [7, 11) is 0. The number of fused-ring (bicyclic) bond motifs is 8. The molecular weight excluding hydrogens is 657 g/mol. The van der Waals surface area contributed by atoms with E-state index in [-0.39, 0.29) is 10.8 Å². The monoisotopic (exact) mass is 696 g/mol. The first-order valence-electron chi connectivity index (χ1n) is 14.5. The van der Waals surface area contributed by atoms with Crippen LogP contribution in [-0.4, -0.2) is 32.4 Å². The summed E-state index contributed by atoms with van der Waals surface area (Å²) in [5.74, 6) is 3.44. The number of rotatable bonds is 2. The Morgan fingerprint density at radius 2 is 0.727 bits per heavy atom. The summed E-state index contributed by atoms with van der Waals surface area (Å²) in [6.07, 6.45) is 4.11. The number of hydrogen-bond donors (Lipinski definition) is 0. The Bertz CT molecular complexity index is 1420. The molecule has 3 heterocycles. The predicted molar refractivity (Wildman–Crippen MR) is 196 cm³/mol. The van der Waals surface area contributed by atoms with Gasteiger partial charge in [-0.2, -0.15) is 0 Å². The lowest BCUT2D eigenvalue weighted by Crippen LogP contribution is -2.12. The second-order valence-electron chi connectivity index (χ2n) is 12.8. The first-order chi connectivity index (χ1) is 20.9. The van der Waals surface area contributed by atoms with Gasteiger partial charge in [0.05, 0.1) is 0 Å². The number of benzene rings is 2. The smallest absolute Gasteiger partial charge is 0.189 e. The molecule has 1 aliphatic heterocycles. The summed E-state index contributed by atoms with van der Waals surface area (Å²) >= 11 is 10.4. The van der Waals surface area contributed by atoms with Crippen molar-refractivity contribution in [1.82, 2.24) is 19.9 Å². The first kappa shape index (κ1) is 34.0. The molecule has 2 aromatic carbocycles. The molecule has 0 aliphatic carbocycles. The van der Waals surface area contributed by atoms with E-state index >= 15 is 0 Å².